The van der Waals surface area contributed by atoms with Gasteiger partial charge in [0.1, 0.15) is 11.9 Å². The molecule has 1 saturated carbocycles. The van der Waals surface area contributed by atoms with Gasteiger partial charge in [-0.05, 0) is 45.9 Å². The van der Waals surface area contributed by atoms with Crippen molar-refractivity contribution in [1.82, 2.24) is 15.5 Å². The number of carbonyl (C=O) groups excluding carboxylic acids is 1. The molecule has 0 bridgehead atoms. The number of aliphatic hydroxyl groups excluding tert-OH is 1. The Bertz CT molecular complexity index is 459. The zero-order chi connectivity index (χ0) is 16.1. The van der Waals surface area contributed by atoms with Crippen LogP contribution in [0.1, 0.15) is 45.0 Å². The first-order chi connectivity index (χ1) is 10.5. The minimum Gasteiger partial charge on any atom is -0.467 e. The molecule has 6 nitrogen and oxygen atoms in total. The smallest absolute Gasteiger partial charge is 0.315 e. The predicted octanol–water partition coefficient (Wildman–Crippen LogP) is 1.87. The van der Waals surface area contributed by atoms with E-state index in [1.807, 2.05) is 6.92 Å². The molecule has 2 amide bonds. The highest BCUT2D eigenvalue weighted by Gasteiger charge is 2.29. The lowest BCUT2D eigenvalue weighted by atomic mass is 10.1. The predicted molar refractivity (Wildman–Crippen MR) is 84.5 cm³/mol. The molecule has 0 aromatic carbocycles. The average molecular weight is 309 g/mol. The molecule has 0 aliphatic heterocycles. The minimum absolute atomic E-state index is 0.142. The molecule has 3 atom stereocenters. The Morgan fingerprint density at radius 2 is 2.23 bits per heavy atom. The number of furan rings is 1. The van der Waals surface area contributed by atoms with Crippen molar-refractivity contribution in [1.29, 1.82) is 0 Å². The molecule has 1 fully saturated rings. The van der Waals surface area contributed by atoms with E-state index >= 15 is 0 Å². The van der Waals surface area contributed by atoms with Gasteiger partial charge in [0, 0.05) is 31.1 Å². The number of hydrogen-bond acceptors (Lipinski definition) is 4. The molecule has 1 aliphatic carbocycles. The fourth-order valence-electron chi connectivity index (χ4n) is 2.49. The molecule has 3 unspecified atom stereocenters. The van der Waals surface area contributed by atoms with Crippen molar-refractivity contribution >= 4 is 6.03 Å². The van der Waals surface area contributed by atoms with Crippen LogP contribution in [0.15, 0.2) is 22.8 Å². The monoisotopic (exact) mass is 309 g/mol. The van der Waals surface area contributed by atoms with Crippen molar-refractivity contribution in [2.75, 3.05) is 13.6 Å². The summed E-state index contributed by atoms with van der Waals surface area (Å²) in [4.78, 5) is 14.2. The molecule has 1 aliphatic rings. The fourth-order valence-corrected chi connectivity index (χ4v) is 2.49. The molecular formula is C16H27N3O3. The van der Waals surface area contributed by atoms with Crippen LogP contribution >= 0.6 is 0 Å². The van der Waals surface area contributed by atoms with Gasteiger partial charge in [0.05, 0.1) is 6.26 Å². The molecule has 0 radical (unpaired) electrons. The van der Waals surface area contributed by atoms with E-state index in [0.29, 0.717) is 30.8 Å². The molecule has 3 N–H and O–H groups in total. The van der Waals surface area contributed by atoms with Crippen LogP contribution in [-0.2, 0) is 0 Å². The van der Waals surface area contributed by atoms with Gasteiger partial charge in [-0.1, -0.05) is 0 Å². The summed E-state index contributed by atoms with van der Waals surface area (Å²) < 4.78 is 5.15. The molecule has 124 valence electrons. The number of nitrogens with one attached hydrogen (secondary N) is 2. The number of carbonyl (C=O) groups is 1. The summed E-state index contributed by atoms with van der Waals surface area (Å²) in [7, 11) is 2.10. The van der Waals surface area contributed by atoms with Crippen LogP contribution in [0, 0.1) is 0 Å². The van der Waals surface area contributed by atoms with Crippen LogP contribution in [-0.4, -0.2) is 47.8 Å². The van der Waals surface area contributed by atoms with E-state index in [1.54, 1.807) is 12.1 Å². The lowest BCUT2D eigenvalue weighted by molar-refractivity contribution is 0.129. The SMILES string of the molecule is CC(CC(O)c1ccco1)NC(=O)NCC(C)N(C)C1CC1. The second kappa shape index (κ2) is 7.65. The number of rotatable bonds is 8. The van der Waals surface area contributed by atoms with E-state index in [-0.39, 0.29) is 12.1 Å². The summed E-state index contributed by atoms with van der Waals surface area (Å²) in [5.41, 5.74) is 0. The molecular weight excluding hydrogens is 282 g/mol. The van der Waals surface area contributed by atoms with Gasteiger partial charge in [-0.15, -0.1) is 0 Å². The first-order valence-electron chi connectivity index (χ1n) is 7.95. The second-order valence-electron chi connectivity index (χ2n) is 6.27. The Kier molecular flexibility index (Phi) is 5.85. The number of urea groups is 1. The summed E-state index contributed by atoms with van der Waals surface area (Å²) >= 11 is 0. The van der Waals surface area contributed by atoms with Crippen molar-refractivity contribution in [3.05, 3.63) is 24.2 Å². The van der Waals surface area contributed by atoms with E-state index in [0.717, 1.165) is 0 Å². The molecule has 6 heteroatoms. The Hall–Kier alpha value is -1.53. The number of aliphatic hydroxyl groups is 1. The molecule has 1 heterocycles. The molecule has 0 spiro atoms. The highest BCUT2D eigenvalue weighted by Crippen LogP contribution is 2.26. The van der Waals surface area contributed by atoms with Gasteiger partial charge >= 0.3 is 6.03 Å². The minimum atomic E-state index is -0.703. The van der Waals surface area contributed by atoms with Crippen LogP contribution in [0.2, 0.25) is 0 Å². The zero-order valence-corrected chi connectivity index (χ0v) is 13.6. The van der Waals surface area contributed by atoms with Crippen molar-refractivity contribution in [2.45, 2.75) is 57.3 Å². The van der Waals surface area contributed by atoms with Crippen LogP contribution in [0.3, 0.4) is 0 Å². The largest absolute Gasteiger partial charge is 0.467 e. The van der Waals surface area contributed by atoms with Gasteiger partial charge in [0.15, 0.2) is 0 Å². The molecule has 0 saturated heterocycles. The maximum Gasteiger partial charge on any atom is 0.315 e. The lowest BCUT2D eigenvalue weighted by Gasteiger charge is -2.25. The Morgan fingerprint density at radius 3 is 2.82 bits per heavy atom. The molecule has 22 heavy (non-hydrogen) atoms. The summed E-state index contributed by atoms with van der Waals surface area (Å²) in [5.74, 6) is 0.522. The van der Waals surface area contributed by atoms with Gasteiger partial charge in [0.25, 0.3) is 0 Å². The first kappa shape index (κ1) is 16.8. The molecule has 1 aromatic heterocycles. The van der Waals surface area contributed by atoms with Crippen LogP contribution < -0.4 is 10.6 Å². The maximum absolute atomic E-state index is 11.9. The lowest BCUT2D eigenvalue weighted by Crippen LogP contribution is -2.46. The number of amides is 2. The van der Waals surface area contributed by atoms with Crippen molar-refractivity contribution in [3.8, 4) is 0 Å². The van der Waals surface area contributed by atoms with Gasteiger partial charge < -0.3 is 20.2 Å². The highest BCUT2D eigenvalue weighted by atomic mass is 16.4. The van der Waals surface area contributed by atoms with Gasteiger partial charge in [-0.3, -0.25) is 4.90 Å². The van der Waals surface area contributed by atoms with Crippen molar-refractivity contribution in [3.63, 3.8) is 0 Å². The van der Waals surface area contributed by atoms with Crippen molar-refractivity contribution < 1.29 is 14.3 Å². The number of nitrogens with zero attached hydrogens (tertiary/aromatic N) is 1. The van der Waals surface area contributed by atoms with Crippen LogP contribution in [0.5, 0.6) is 0 Å². The second-order valence-corrected chi connectivity index (χ2v) is 6.27. The van der Waals surface area contributed by atoms with Gasteiger partial charge in [-0.25, -0.2) is 4.79 Å². The topological polar surface area (TPSA) is 77.7 Å². The van der Waals surface area contributed by atoms with E-state index in [2.05, 4.69) is 29.5 Å². The summed E-state index contributed by atoms with van der Waals surface area (Å²) in [6.45, 7) is 4.60. The molecule has 2 rings (SSSR count). The normalized spacial score (nSPS) is 18.8. The van der Waals surface area contributed by atoms with E-state index < -0.39 is 6.10 Å². The summed E-state index contributed by atoms with van der Waals surface area (Å²) in [6.07, 6.45) is 3.76. The number of likely N-dealkylation sites (N-methyl/N-ethyl adjacent to an activating group) is 1. The van der Waals surface area contributed by atoms with Crippen LogP contribution in [0.25, 0.3) is 0 Å². The third-order valence-corrected chi connectivity index (χ3v) is 4.20. The maximum atomic E-state index is 11.9. The average Bonchev–Trinajstić information content (AvgIpc) is 3.17. The summed E-state index contributed by atoms with van der Waals surface area (Å²) in [5, 5.41) is 15.7. The standard InChI is InChI=1S/C16H27N3O3/c1-11(9-14(20)15-5-4-8-22-15)18-16(21)17-10-12(2)19(3)13-6-7-13/h4-5,8,11-14,20H,6-7,9-10H2,1-3H3,(H2,17,18,21). The molecule has 1 aromatic rings. The highest BCUT2D eigenvalue weighted by molar-refractivity contribution is 5.74. The van der Waals surface area contributed by atoms with E-state index in [4.69, 9.17) is 4.42 Å². The third kappa shape index (κ3) is 5.03. The number of hydrogen-bond donors (Lipinski definition) is 3. The van der Waals surface area contributed by atoms with Gasteiger partial charge in [-0.2, -0.15) is 0 Å². The quantitative estimate of drug-likeness (QED) is 0.685. The summed E-state index contributed by atoms with van der Waals surface area (Å²) in [6, 6.07) is 4.13. The Morgan fingerprint density at radius 1 is 1.50 bits per heavy atom. The van der Waals surface area contributed by atoms with Crippen molar-refractivity contribution in [2.24, 2.45) is 0 Å². The fraction of sp³-hybridized carbons (Fsp3) is 0.688. The Balaban J connectivity index is 1.65. The zero-order valence-electron chi connectivity index (χ0n) is 13.6. The third-order valence-electron chi connectivity index (χ3n) is 4.20. The van der Waals surface area contributed by atoms with E-state index in [9.17, 15) is 9.90 Å². The Labute approximate surface area is 131 Å². The van der Waals surface area contributed by atoms with E-state index in [1.165, 1.54) is 19.1 Å². The van der Waals surface area contributed by atoms with Crippen LogP contribution in [0.4, 0.5) is 4.79 Å². The van der Waals surface area contributed by atoms with Gasteiger partial charge in [0.2, 0.25) is 0 Å². The first-order valence-corrected chi connectivity index (χ1v) is 7.95.